The van der Waals surface area contributed by atoms with Crippen molar-refractivity contribution in [3.05, 3.63) is 175 Å². The summed E-state index contributed by atoms with van der Waals surface area (Å²) in [7, 11) is 0. The molecule has 10 rings (SSSR count). The fourth-order valence-corrected chi connectivity index (χ4v) is 7.93. The fourth-order valence-electron chi connectivity index (χ4n) is 7.93. The van der Waals surface area contributed by atoms with Crippen LogP contribution in [0.5, 0.6) is 0 Å². The lowest BCUT2D eigenvalue weighted by molar-refractivity contribution is 0.663. The Morgan fingerprint density at radius 1 is 0.412 bits per heavy atom. The Kier molecular flexibility index (Phi) is 6.75. The maximum atomic E-state index is 6.72. The van der Waals surface area contributed by atoms with Crippen molar-refractivity contribution in [1.29, 1.82) is 0 Å². The fraction of sp³-hybridized carbons (Fsp3) is 0.0204. The Hall–Kier alpha value is -6.64. The number of rotatable bonds is 5. The van der Waals surface area contributed by atoms with Gasteiger partial charge in [0.15, 0.2) is 0 Å². The van der Waals surface area contributed by atoms with Gasteiger partial charge in [-0.15, -0.1) is 0 Å². The zero-order chi connectivity index (χ0) is 33.9. The highest BCUT2D eigenvalue weighted by atomic mass is 16.3. The molecule has 0 unspecified atom stereocenters. The number of hydrogen-bond acceptors (Lipinski definition) is 2. The first-order valence-corrected chi connectivity index (χ1v) is 17.5. The quantitative estimate of drug-likeness (QED) is 0.173. The largest absolute Gasteiger partial charge is 0.456 e. The summed E-state index contributed by atoms with van der Waals surface area (Å²) in [6.45, 7) is 2.05. The summed E-state index contributed by atoms with van der Waals surface area (Å²) in [6, 6.07) is 54.2. The lowest BCUT2D eigenvalue weighted by atomic mass is 9.85. The van der Waals surface area contributed by atoms with E-state index in [4.69, 9.17) is 8.83 Å². The number of allylic oxidation sites excluding steroid dienone is 3. The molecule has 0 aliphatic carbocycles. The summed E-state index contributed by atoms with van der Waals surface area (Å²) >= 11 is 0. The van der Waals surface area contributed by atoms with Gasteiger partial charge >= 0.3 is 0 Å². The first-order valence-electron chi connectivity index (χ1n) is 17.5. The molecule has 0 saturated heterocycles. The predicted molar refractivity (Wildman–Crippen MR) is 216 cm³/mol. The van der Waals surface area contributed by atoms with E-state index in [9.17, 15) is 0 Å². The van der Waals surface area contributed by atoms with Crippen molar-refractivity contribution in [1.82, 2.24) is 0 Å². The summed E-state index contributed by atoms with van der Waals surface area (Å²) in [5.41, 5.74) is 11.8. The molecule has 0 aliphatic heterocycles. The highest BCUT2D eigenvalue weighted by molar-refractivity contribution is 6.22. The Morgan fingerprint density at radius 3 is 1.88 bits per heavy atom. The van der Waals surface area contributed by atoms with Crippen LogP contribution in [0.3, 0.4) is 0 Å². The number of benzene rings is 8. The zero-order valence-electron chi connectivity index (χ0n) is 28.1. The van der Waals surface area contributed by atoms with E-state index < -0.39 is 0 Å². The molecule has 10 aromatic rings. The summed E-state index contributed by atoms with van der Waals surface area (Å²) in [6.07, 6.45) is 8.54. The topological polar surface area (TPSA) is 26.3 Å². The van der Waals surface area contributed by atoms with Gasteiger partial charge in [0.2, 0.25) is 0 Å². The number of furan rings is 2. The van der Waals surface area contributed by atoms with E-state index >= 15 is 0 Å². The lowest BCUT2D eigenvalue weighted by Crippen LogP contribution is -1.93. The van der Waals surface area contributed by atoms with Gasteiger partial charge in [-0.05, 0) is 104 Å². The smallest absolute Gasteiger partial charge is 0.147 e. The third-order valence-electron chi connectivity index (χ3n) is 10.2. The van der Waals surface area contributed by atoms with Crippen molar-refractivity contribution in [2.45, 2.75) is 6.92 Å². The van der Waals surface area contributed by atoms with E-state index in [1.54, 1.807) is 0 Å². The van der Waals surface area contributed by atoms with E-state index in [-0.39, 0.29) is 0 Å². The second kappa shape index (κ2) is 11.8. The van der Waals surface area contributed by atoms with Crippen LogP contribution in [0.25, 0.3) is 105 Å². The maximum absolute atomic E-state index is 6.72. The first kappa shape index (κ1) is 29.3. The van der Waals surface area contributed by atoms with E-state index in [1.165, 1.54) is 49.4 Å². The SMILES string of the molecule is C/C=C\C=C/c1cc(-c2ccc3c(c2)oc2c3ccc3oc4ccccc4c32)c2ccccc2c1-c1ccc(-c2ccccc2)c2ccccc12. The van der Waals surface area contributed by atoms with Crippen LogP contribution in [0, 0.1) is 0 Å². The molecule has 0 atom stereocenters. The average Bonchev–Trinajstić information content (AvgIpc) is 3.76. The normalized spacial score (nSPS) is 12.3. The molecule has 8 aromatic carbocycles. The van der Waals surface area contributed by atoms with Crippen LogP contribution in [0.2, 0.25) is 0 Å². The minimum Gasteiger partial charge on any atom is -0.456 e. The van der Waals surface area contributed by atoms with E-state index in [0.717, 1.165) is 55.0 Å². The Labute approximate surface area is 295 Å². The van der Waals surface area contributed by atoms with Gasteiger partial charge in [0.05, 0.1) is 5.39 Å². The minimum absolute atomic E-state index is 0.839. The monoisotopic (exact) mass is 652 g/mol. The van der Waals surface area contributed by atoms with Crippen molar-refractivity contribution in [2.75, 3.05) is 0 Å². The molecule has 51 heavy (non-hydrogen) atoms. The van der Waals surface area contributed by atoms with Crippen LogP contribution >= 0.6 is 0 Å². The molecule has 240 valence electrons. The van der Waals surface area contributed by atoms with E-state index in [1.807, 2.05) is 12.1 Å². The second-order valence-electron chi connectivity index (χ2n) is 13.1. The highest BCUT2D eigenvalue weighted by Gasteiger charge is 2.20. The summed E-state index contributed by atoms with van der Waals surface area (Å²) in [4.78, 5) is 0. The molecule has 0 spiro atoms. The average molecular weight is 653 g/mol. The molecule has 0 radical (unpaired) electrons. The standard InChI is InChI=1S/C49H32O2/c1-2-3-5-16-33-29-43(32-23-24-38-41-27-28-45-48(49(41)51-46(38)30-32)42-21-12-13-22-44(42)50-45)37-19-10-11-20-39(37)47(33)40-26-25-34(31-14-6-4-7-15-31)35-17-8-9-18-36(35)40/h2-30H,1H3/b3-2-,16-5-. The molecule has 2 nitrogen and oxygen atoms in total. The molecule has 0 amide bonds. The maximum Gasteiger partial charge on any atom is 0.147 e. The summed E-state index contributed by atoms with van der Waals surface area (Å²) in [5, 5.41) is 9.18. The zero-order valence-corrected chi connectivity index (χ0v) is 28.1. The van der Waals surface area contributed by atoms with Gasteiger partial charge in [-0.3, -0.25) is 0 Å². The third kappa shape index (κ3) is 4.65. The predicted octanol–water partition coefficient (Wildman–Crippen LogP) is 14.4. The highest BCUT2D eigenvalue weighted by Crippen LogP contribution is 2.45. The van der Waals surface area contributed by atoms with Gasteiger partial charge in [0.25, 0.3) is 0 Å². The Bertz CT molecular complexity index is 3020. The van der Waals surface area contributed by atoms with Crippen molar-refractivity contribution < 1.29 is 8.83 Å². The van der Waals surface area contributed by atoms with Gasteiger partial charge in [-0.1, -0.05) is 140 Å². The van der Waals surface area contributed by atoms with Gasteiger partial charge in [0, 0.05) is 16.2 Å². The van der Waals surface area contributed by atoms with Crippen molar-refractivity contribution in [3.8, 4) is 33.4 Å². The van der Waals surface area contributed by atoms with Gasteiger partial charge in [0.1, 0.15) is 22.3 Å². The van der Waals surface area contributed by atoms with Crippen molar-refractivity contribution in [3.63, 3.8) is 0 Å². The number of para-hydroxylation sites is 1. The van der Waals surface area contributed by atoms with E-state index in [0.29, 0.717) is 0 Å². The first-order chi connectivity index (χ1) is 25.3. The van der Waals surface area contributed by atoms with Gasteiger partial charge < -0.3 is 8.83 Å². The Balaban J connectivity index is 1.22. The minimum atomic E-state index is 0.839. The lowest BCUT2D eigenvalue weighted by Gasteiger charge is -2.19. The van der Waals surface area contributed by atoms with Crippen LogP contribution in [0.15, 0.2) is 179 Å². The van der Waals surface area contributed by atoms with Crippen molar-refractivity contribution >= 4 is 71.5 Å². The number of fused-ring (bicyclic) bond motifs is 9. The van der Waals surface area contributed by atoms with Crippen molar-refractivity contribution in [2.24, 2.45) is 0 Å². The molecule has 2 heteroatoms. The summed E-state index contributed by atoms with van der Waals surface area (Å²) < 4.78 is 12.9. The molecule has 0 fully saturated rings. The molecular formula is C49H32O2. The third-order valence-corrected chi connectivity index (χ3v) is 10.2. The van der Waals surface area contributed by atoms with Crippen LogP contribution in [0.1, 0.15) is 12.5 Å². The summed E-state index contributed by atoms with van der Waals surface area (Å²) in [5.74, 6) is 0. The van der Waals surface area contributed by atoms with Gasteiger partial charge in [-0.2, -0.15) is 0 Å². The number of hydrogen-bond donors (Lipinski definition) is 0. The molecular weight excluding hydrogens is 621 g/mol. The molecule has 2 heterocycles. The Morgan fingerprint density at radius 2 is 1.08 bits per heavy atom. The molecule has 0 saturated carbocycles. The van der Waals surface area contributed by atoms with Gasteiger partial charge in [-0.25, -0.2) is 0 Å². The van der Waals surface area contributed by atoms with Crippen LogP contribution in [-0.4, -0.2) is 0 Å². The van der Waals surface area contributed by atoms with E-state index in [2.05, 4.69) is 171 Å². The second-order valence-corrected chi connectivity index (χ2v) is 13.1. The van der Waals surface area contributed by atoms with Crippen LogP contribution in [0.4, 0.5) is 0 Å². The molecule has 2 aromatic heterocycles. The van der Waals surface area contributed by atoms with Crippen LogP contribution < -0.4 is 0 Å². The molecule has 0 aliphatic rings. The van der Waals surface area contributed by atoms with Crippen LogP contribution in [-0.2, 0) is 0 Å². The molecule has 0 N–H and O–H groups in total. The molecule has 0 bridgehead atoms.